The Labute approximate surface area is 144 Å². The van der Waals surface area contributed by atoms with E-state index in [0.29, 0.717) is 16.4 Å². The molecule has 3 rings (SSSR count). The number of ether oxygens (including phenoxy) is 1. The quantitative estimate of drug-likeness (QED) is 0.745. The van der Waals surface area contributed by atoms with Crippen molar-refractivity contribution < 1.29 is 9.53 Å². The van der Waals surface area contributed by atoms with Crippen molar-refractivity contribution in [3.05, 3.63) is 60.4 Å². The maximum absolute atomic E-state index is 12.3. The molecule has 0 saturated carbocycles. The molecule has 0 radical (unpaired) electrons. The first-order chi connectivity index (χ1) is 11.7. The lowest BCUT2D eigenvalue weighted by molar-refractivity contribution is -0.115. The summed E-state index contributed by atoms with van der Waals surface area (Å²) in [6.45, 7) is 0. The maximum Gasteiger partial charge on any atom is 0.229 e. The monoisotopic (exact) mass is 339 g/mol. The second-order valence-corrected chi connectivity index (χ2v) is 6.22. The molecule has 0 saturated heterocycles. The fourth-order valence-corrected chi connectivity index (χ4v) is 3.36. The summed E-state index contributed by atoms with van der Waals surface area (Å²) in [4.78, 5) is 17.3. The number of thiophene rings is 1. The van der Waals surface area contributed by atoms with E-state index in [1.54, 1.807) is 19.5 Å². The van der Waals surface area contributed by atoms with Gasteiger partial charge in [0.05, 0.1) is 19.2 Å². The Balaban J connectivity index is 1.74. The van der Waals surface area contributed by atoms with Gasteiger partial charge < -0.3 is 15.8 Å². The number of nitrogens with one attached hydrogen (secondary N) is 1. The van der Waals surface area contributed by atoms with Crippen LogP contribution in [-0.4, -0.2) is 18.0 Å². The summed E-state index contributed by atoms with van der Waals surface area (Å²) in [5.41, 5.74) is 8.44. The van der Waals surface area contributed by atoms with Crippen LogP contribution in [0, 0.1) is 0 Å². The van der Waals surface area contributed by atoms with Gasteiger partial charge in [-0.25, -0.2) is 0 Å². The molecule has 0 atom stereocenters. The molecule has 0 aliphatic rings. The van der Waals surface area contributed by atoms with Crippen LogP contribution in [-0.2, 0) is 11.2 Å². The number of amides is 1. The summed E-state index contributed by atoms with van der Waals surface area (Å²) in [6, 6.07) is 13.1. The van der Waals surface area contributed by atoms with E-state index in [-0.39, 0.29) is 12.3 Å². The van der Waals surface area contributed by atoms with Crippen molar-refractivity contribution in [3.63, 3.8) is 0 Å². The molecule has 24 heavy (non-hydrogen) atoms. The van der Waals surface area contributed by atoms with E-state index in [9.17, 15) is 4.79 Å². The zero-order valence-electron chi connectivity index (χ0n) is 13.2. The topological polar surface area (TPSA) is 77.2 Å². The highest BCUT2D eigenvalue weighted by molar-refractivity contribution is 7.20. The third-order valence-corrected chi connectivity index (χ3v) is 4.64. The summed E-state index contributed by atoms with van der Waals surface area (Å²) in [6.07, 6.45) is 3.68. The molecular weight excluding hydrogens is 322 g/mol. The molecule has 0 bridgehead atoms. The molecule has 0 unspecified atom stereocenters. The number of benzene rings is 1. The van der Waals surface area contributed by atoms with Gasteiger partial charge in [-0.05, 0) is 29.8 Å². The summed E-state index contributed by atoms with van der Waals surface area (Å²) >= 11 is 1.45. The standard InChI is InChI=1S/C18H17N3O2S/c1-23-15-5-3-2-4-13(15)10-17(22)21-18-14(19)11-16(24-18)12-6-8-20-9-7-12/h2-9,11H,10,19H2,1H3,(H,21,22). The van der Waals surface area contributed by atoms with Crippen LogP contribution in [0.15, 0.2) is 54.9 Å². The van der Waals surface area contributed by atoms with Gasteiger partial charge >= 0.3 is 0 Å². The van der Waals surface area contributed by atoms with E-state index in [1.165, 1.54) is 11.3 Å². The van der Waals surface area contributed by atoms with Crippen LogP contribution in [0.5, 0.6) is 5.75 Å². The van der Waals surface area contributed by atoms with E-state index in [1.807, 2.05) is 42.5 Å². The second kappa shape index (κ2) is 7.14. The van der Waals surface area contributed by atoms with E-state index in [0.717, 1.165) is 16.0 Å². The van der Waals surface area contributed by atoms with Crippen LogP contribution in [0.2, 0.25) is 0 Å². The lowest BCUT2D eigenvalue weighted by atomic mass is 10.1. The summed E-state index contributed by atoms with van der Waals surface area (Å²) in [5.74, 6) is 0.568. The number of carbonyl (C=O) groups excluding carboxylic acids is 1. The highest BCUT2D eigenvalue weighted by atomic mass is 32.1. The van der Waals surface area contributed by atoms with Crippen molar-refractivity contribution in [2.24, 2.45) is 0 Å². The third-order valence-electron chi connectivity index (χ3n) is 3.52. The number of aromatic nitrogens is 1. The Hall–Kier alpha value is -2.86. The molecule has 0 spiro atoms. The lowest BCUT2D eigenvalue weighted by Crippen LogP contribution is -2.14. The molecule has 122 valence electrons. The minimum absolute atomic E-state index is 0.130. The van der Waals surface area contributed by atoms with Gasteiger partial charge in [0.25, 0.3) is 0 Å². The molecule has 0 fully saturated rings. The largest absolute Gasteiger partial charge is 0.496 e. The van der Waals surface area contributed by atoms with Crippen LogP contribution >= 0.6 is 11.3 Å². The van der Waals surface area contributed by atoms with Gasteiger partial charge in [-0.2, -0.15) is 0 Å². The minimum Gasteiger partial charge on any atom is -0.496 e. The van der Waals surface area contributed by atoms with Crippen molar-refractivity contribution in [1.82, 2.24) is 4.98 Å². The summed E-state index contributed by atoms with van der Waals surface area (Å²) in [5, 5.41) is 3.54. The molecule has 1 aromatic carbocycles. The van der Waals surface area contributed by atoms with Gasteiger partial charge in [0.1, 0.15) is 10.8 Å². The van der Waals surface area contributed by atoms with Crippen molar-refractivity contribution in [3.8, 4) is 16.2 Å². The smallest absolute Gasteiger partial charge is 0.229 e. The Morgan fingerprint density at radius 1 is 1.25 bits per heavy atom. The predicted octanol–water partition coefficient (Wildman–Crippen LogP) is 3.58. The van der Waals surface area contributed by atoms with Crippen LogP contribution in [0.4, 0.5) is 10.7 Å². The second-order valence-electron chi connectivity index (χ2n) is 5.17. The van der Waals surface area contributed by atoms with Gasteiger partial charge in [0.15, 0.2) is 0 Å². The summed E-state index contributed by atoms with van der Waals surface area (Å²) < 4.78 is 5.27. The lowest BCUT2D eigenvalue weighted by Gasteiger charge is -2.08. The number of nitrogens with zero attached hydrogens (tertiary/aromatic N) is 1. The van der Waals surface area contributed by atoms with Crippen molar-refractivity contribution in [2.45, 2.75) is 6.42 Å². The van der Waals surface area contributed by atoms with E-state index in [4.69, 9.17) is 10.5 Å². The van der Waals surface area contributed by atoms with Gasteiger partial charge in [-0.1, -0.05) is 18.2 Å². The molecule has 0 aliphatic heterocycles. The fraction of sp³-hybridized carbons (Fsp3) is 0.111. The third kappa shape index (κ3) is 3.55. The van der Waals surface area contributed by atoms with E-state index < -0.39 is 0 Å². The van der Waals surface area contributed by atoms with Crippen molar-refractivity contribution >= 4 is 27.9 Å². The number of nitrogens with two attached hydrogens (primary N) is 1. The first-order valence-electron chi connectivity index (χ1n) is 7.39. The average molecular weight is 339 g/mol. The van der Waals surface area contributed by atoms with Crippen LogP contribution < -0.4 is 15.8 Å². The number of rotatable bonds is 5. The highest BCUT2D eigenvalue weighted by Crippen LogP contribution is 2.37. The molecule has 6 heteroatoms. The molecule has 1 amide bonds. The molecule has 3 aromatic rings. The molecule has 2 heterocycles. The number of para-hydroxylation sites is 1. The van der Waals surface area contributed by atoms with Crippen molar-refractivity contribution in [1.29, 1.82) is 0 Å². The normalized spacial score (nSPS) is 10.4. The van der Waals surface area contributed by atoms with Crippen LogP contribution in [0.1, 0.15) is 5.56 Å². The van der Waals surface area contributed by atoms with Gasteiger partial charge in [-0.15, -0.1) is 11.3 Å². The highest BCUT2D eigenvalue weighted by Gasteiger charge is 2.13. The number of anilines is 2. The first-order valence-corrected chi connectivity index (χ1v) is 8.20. The Morgan fingerprint density at radius 3 is 2.75 bits per heavy atom. The number of carbonyl (C=O) groups is 1. The average Bonchev–Trinajstić information content (AvgIpc) is 2.97. The zero-order chi connectivity index (χ0) is 16.9. The molecule has 5 nitrogen and oxygen atoms in total. The number of hydrogen-bond acceptors (Lipinski definition) is 5. The predicted molar refractivity (Wildman–Crippen MR) is 97.3 cm³/mol. The number of pyridine rings is 1. The minimum atomic E-state index is -0.130. The molecule has 3 N–H and O–H groups in total. The van der Waals surface area contributed by atoms with Gasteiger partial charge in [0.2, 0.25) is 5.91 Å². The first kappa shape index (κ1) is 16.0. The number of nitrogen functional groups attached to an aromatic ring is 1. The van der Waals surface area contributed by atoms with Gasteiger partial charge in [0, 0.05) is 22.8 Å². The summed E-state index contributed by atoms with van der Waals surface area (Å²) in [7, 11) is 1.59. The zero-order valence-corrected chi connectivity index (χ0v) is 14.0. The molecular formula is C18H17N3O2S. The SMILES string of the molecule is COc1ccccc1CC(=O)Nc1sc(-c2ccncc2)cc1N. The van der Waals surface area contributed by atoms with E-state index in [2.05, 4.69) is 10.3 Å². The van der Waals surface area contributed by atoms with Crippen LogP contribution in [0.3, 0.4) is 0 Å². The Morgan fingerprint density at radius 2 is 2.00 bits per heavy atom. The van der Waals surface area contributed by atoms with Gasteiger partial charge in [-0.3, -0.25) is 9.78 Å². The Kier molecular flexibility index (Phi) is 4.77. The fourth-order valence-electron chi connectivity index (χ4n) is 2.35. The molecule has 2 aromatic heterocycles. The van der Waals surface area contributed by atoms with E-state index >= 15 is 0 Å². The maximum atomic E-state index is 12.3. The van der Waals surface area contributed by atoms with Crippen molar-refractivity contribution in [2.75, 3.05) is 18.2 Å². The number of methoxy groups -OCH3 is 1. The molecule has 0 aliphatic carbocycles. The Bertz CT molecular complexity index is 846. The van der Waals surface area contributed by atoms with Crippen LogP contribution in [0.25, 0.3) is 10.4 Å². The number of hydrogen-bond donors (Lipinski definition) is 2.